The number of nitrogens with two attached hydrogens (primary N) is 1. The summed E-state index contributed by atoms with van der Waals surface area (Å²) in [7, 11) is 0. The first-order valence-electron chi connectivity index (χ1n) is 9.11. The Hall–Kier alpha value is -3.09. The van der Waals surface area contributed by atoms with Crippen LogP contribution in [0, 0.1) is 0 Å². The van der Waals surface area contributed by atoms with Crippen LogP contribution in [0.3, 0.4) is 0 Å². The Bertz CT molecular complexity index is 850. The van der Waals surface area contributed by atoms with Crippen molar-refractivity contribution in [3.63, 3.8) is 0 Å². The van der Waals surface area contributed by atoms with Crippen LogP contribution in [0.25, 0.3) is 0 Å². The maximum Gasteiger partial charge on any atom is 0.326 e. The number of nitrogens with zero attached hydrogens (tertiary/aromatic N) is 2. The van der Waals surface area contributed by atoms with Crippen LogP contribution in [0.1, 0.15) is 37.4 Å². The molecule has 1 amide bonds. The van der Waals surface area contributed by atoms with E-state index >= 15 is 0 Å². The summed E-state index contributed by atoms with van der Waals surface area (Å²) >= 11 is 0. The number of ether oxygens (including phenoxy) is 2. The molecular formula is C20H21N3O4. The fourth-order valence-electron chi connectivity index (χ4n) is 3.51. The van der Waals surface area contributed by atoms with E-state index in [1.807, 2.05) is 30.3 Å². The molecule has 1 aliphatic heterocycles. The summed E-state index contributed by atoms with van der Waals surface area (Å²) in [6.07, 6.45) is 2.96. The van der Waals surface area contributed by atoms with Crippen molar-refractivity contribution in [2.45, 2.75) is 37.9 Å². The zero-order valence-corrected chi connectivity index (χ0v) is 14.8. The van der Waals surface area contributed by atoms with Crippen LogP contribution in [-0.4, -0.2) is 29.5 Å². The number of anilines is 2. The number of fused-ring (bicyclic) bond motifs is 1. The van der Waals surface area contributed by atoms with Crippen LogP contribution < -0.4 is 15.4 Å². The second kappa shape index (κ2) is 7.26. The third-order valence-electron chi connectivity index (χ3n) is 4.84. The lowest BCUT2D eigenvalue weighted by Gasteiger charge is -2.33. The van der Waals surface area contributed by atoms with Gasteiger partial charge in [0.2, 0.25) is 6.10 Å². The molecule has 1 aromatic heterocycles. The van der Waals surface area contributed by atoms with Gasteiger partial charge < -0.3 is 15.2 Å². The van der Waals surface area contributed by atoms with Gasteiger partial charge in [-0.2, -0.15) is 0 Å². The summed E-state index contributed by atoms with van der Waals surface area (Å²) in [4.78, 5) is 31.0. The first-order valence-corrected chi connectivity index (χ1v) is 9.11. The van der Waals surface area contributed by atoms with Gasteiger partial charge in [0, 0.05) is 5.56 Å². The fraction of sp³-hybridized carbons (Fsp3) is 0.350. The van der Waals surface area contributed by atoms with Gasteiger partial charge in [0.1, 0.15) is 18.5 Å². The van der Waals surface area contributed by atoms with E-state index in [1.165, 1.54) is 4.90 Å². The maximum absolute atomic E-state index is 13.1. The lowest BCUT2D eigenvalue weighted by atomic mass is 10.1. The summed E-state index contributed by atoms with van der Waals surface area (Å²) < 4.78 is 11.4. The van der Waals surface area contributed by atoms with Crippen LogP contribution in [-0.2, 0) is 14.3 Å². The lowest BCUT2D eigenvalue weighted by molar-refractivity contribution is -0.148. The third kappa shape index (κ3) is 3.58. The second-order valence-corrected chi connectivity index (χ2v) is 6.79. The number of carbonyl (C=O) groups is 2. The number of hydrogen-bond donors (Lipinski definition) is 1. The number of hydrogen-bond acceptors (Lipinski definition) is 6. The first kappa shape index (κ1) is 17.3. The lowest BCUT2D eigenvalue weighted by Crippen LogP contribution is -2.45. The number of carbonyl (C=O) groups excluding carboxylic acids is 2. The minimum atomic E-state index is -0.844. The Morgan fingerprint density at radius 2 is 1.93 bits per heavy atom. The Kier molecular flexibility index (Phi) is 4.66. The highest BCUT2D eigenvalue weighted by atomic mass is 16.5. The fourth-order valence-corrected chi connectivity index (χ4v) is 3.51. The second-order valence-electron chi connectivity index (χ2n) is 6.79. The highest BCUT2D eigenvalue weighted by Gasteiger charge is 2.38. The standard InChI is InChI=1S/C20H21N3O4/c21-16-11-10-15-19(22-16)23(12-17(24)26-14-8-4-5-9-14)20(25)18(27-15)13-6-2-1-3-7-13/h1-3,6-7,10-11,14,18H,4-5,8-9,12H2,(H2,21,22). The molecule has 1 saturated carbocycles. The van der Waals surface area contributed by atoms with Crippen molar-refractivity contribution in [2.24, 2.45) is 0 Å². The number of esters is 1. The SMILES string of the molecule is Nc1ccc2c(n1)N(CC(=O)OC1CCCC1)C(=O)C(c1ccccc1)O2. The van der Waals surface area contributed by atoms with Gasteiger partial charge in [0.25, 0.3) is 5.91 Å². The number of rotatable bonds is 4. The molecule has 1 fully saturated rings. The molecule has 2 aromatic rings. The Balaban J connectivity index is 1.62. The van der Waals surface area contributed by atoms with E-state index in [0.717, 1.165) is 25.7 Å². The van der Waals surface area contributed by atoms with Crippen molar-refractivity contribution >= 4 is 23.5 Å². The quantitative estimate of drug-likeness (QED) is 0.835. The van der Waals surface area contributed by atoms with Gasteiger partial charge >= 0.3 is 5.97 Å². The molecular weight excluding hydrogens is 346 g/mol. The van der Waals surface area contributed by atoms with E-state index in [0.29, 0.717) is 11.3 Å². The van der Waals surface area contributed by atoms with Crippen molar-refractivity contribution in [1.82, 2.24) is 4.98 Å². The van der Waals surface area contributed by atoms with Gasteiger partial charge in [0.05, 0.1) is 0 Å². The van der Waals surface area contributed by atoms with Crippen LogP contribution in [0.2, 0.25) is 0 Å². The summed E-state index contributed by atoms with van der Waals surface area (Å²) in [6, 6.07) is 12.4. The molecule has 2 N–H and O–H groups in total. The van der Waals surface area contributed by atoms with Gasteiger partial charge in [-0.1, -0.05) is 30.3 Å². The number of amides is 1. The number of benzene rings is 1. The molecule has 1 aliphatic carbocycles. The maximum atomic E-state index is 13.1. The van der Waals surface area contributed by atoms with Gasteiger partial charge in [0.15, 0.2) is 11.6 Å². The normalized spacial score (nSPS) is 19.5. The molecule has 1 atom stereocenters. The molecule has 140 valence electrons. The van der Waals surface area contributed by atoms with Crippen LogP contribution >= 0.6 is 0 Å². The molecule has 0 radical (unpaired) electrons. The molecule has 1 unspecified atom stereocenters. The van der Waals surface area contributed by atoms with Gasteiger partial charge in [-0.3, -0.25) is 14.5 Å². The van der Waals surface area contributed by atoms with Crippen molar-refractivity contribution in [1.29, 1.82) is 0 Å². The highest BCUT2D eigenvalue weighted by Crippen LogP contribution is 2.38. The summed E-state index contributed by atoms with van der Waals surface area (Å²) in [5.41, 5.74) is 6.48. The monoisotopic (exact) mass is 367 g/mol. The van der Waals surface area contributed by atoms with E-state index in [9.17, 15) is 9.59 Å². The average molecular weight is 367 g/mol. The van der Waals surface area contributed by atoms with Gasteiger partial charge in [-0.05, 0) is 37.8 Å². The van der Waals surface area contributed by atoms with Crippen molar-refractivity contribution in [2.75, 3.05) is 17.2 Å². The van der Waals surface area contributed by atoms with Crippen LogP contribution in [0.4, 0.5) is 11.6 Å². The predicted octanol–water partition coefficient (Wildman–Crippen LogP) is 2.62. The Morgan fingerprint density at radius 1 is 1.19 bits per heavy atom. The van der Waals surface area contributed by atoms with E-state index in [1.54, 1.807) is 12.1 Å². The summed E-state index contributed by atoms with van der Waals surface area (Å²) in [6.45, 7) is -0.217. The minimum absolute atomic E-state index is 0.0631. The smallest absolute Gasteiger partial charge is 0.326 e. The van der Waals surface area contributed by atoms with Crippen LogP contribution in [0.15, 0.2) is 42.5 Å². The molecule has 7 nitrogen and oxygen atoms in total. The molecule has 0 saturated heterocycles. The largest absolute Gasteiger partial charge is 0.472 e. The Labute approximate surface area is 157 Å². The number of nitrogen functional groups attached to an aromatic ring is 1. The van der Waals surface area contributed by atoms with Crippen molar-refractivity contribution in [3.05, 3.63) is 48.0 Å². The predicted molar refractivity (Wildman–Crippen MR) is 99.2 cm³/mol. The molecule has 1 aromatic carbocycles. The first-order chi connectivity index (χ1) is 13.1. The third-order valence-corrected chi connectivity index (χ3v) is 4.84. The van der Waals surface area contributed by atoms with Crippen molar-refractivity contribution in [3.8, 4) is 5.75 Å². The molecule has 0 spiro atoms. The molecule has 7 heteroatoms. The topological polar surface area (TPSA) is 94.8 Å². The highest BCUT2D eigenvalue weighted by molar-refractivity contribution is 6.02. The average Bonchev–Trinajstić information content (AvgIpc) is 3.17. The van der Waals surface area contributed by atoms with Crippen LogP contribution in [0.5, 0.6) is 5.75 Å². The number of pyridine rings is 1. The molecule has 0 bridgehead atoms. The van der Waals surface area contributed by atoms with E-state index in [2.05, 4.69) is 4.98 Å². The van der Waals surface area contributed by atoms with Gasteiger partial charge in [-0.25, -0.2) is 4.98 Å². The molecule has 2 aliphatic rings. The van der Waals surface area contributed by atoms with Crippen molar-refractivity contribution < 1.29 is 19.1 Å². The molecule has 4 rings (SSSR count). The number of aromatic nitrogens is 1. The molecule has 2 heterocycles. The van der Waals surface area contributed by atoms with E-state index < -0.39 is 12.1 Å². The Morgan fingerprint density at radius 3 is 2.67 bits per heavy atom. The van der Waals surface area contributed by atoms with Gasteiger partial charge in [-0.15, -0.1) is 0 Å². The zero-order valence-electron chi connectivity index (χ0n) is 14.8. The van der Waals surface area contributed by atoms with E-state index in [-0.39, 0.29) is 30.2 Å². The summed E-state index contributed by atoms with van der Waals surface area (Å²) in [5, 5.41) is 0. The zero-order chi connectivity index (χ0) is 18.8. The molecule has 27 heavy (non-hydrogen) atoms. The summed E-state index contributed by atoms with van der Waals surface area (Å²) in [5.74, 6) is 0.0913. The minimum Gasteiger partial charge on any atom is -0.472 e. The van der Waals surface area contributed by atoms with E-state index in [4.69, 9.17) is 15.2 Å².